The summed E-state index contributed by atoms with van der Waals surface area (Å²) in [6.07, 6.45) is 6.54. The molecule has 1 aliphatic rings. The summed E-state index contributed by atoms with van der Waals surface area (Å²) in [6, 6.07) is 21.3. The third-order valence-corrected chi connectivity index (χ3v) is 6.37. The predicted octanol–water partition coefficient (Wildman–Crippen LogP) is 6.27. The summed E-state index contributed by atoms with van der Waals surface area (Å²) in [5.41, 5.74) is 6.36. The predicted molar refractivity (Wildman–Crippen MR) is 130 cm³/mol. The van der Waals surface area contributed by atoms with Crippen LogP contribution in [0.4, 0.5) is 5.69 Å². The number of fused-ring (bicyclic) bond motifs is 1. The quantitative estimate of drug-likeness (QED) is 0.395. The van der Waals surface area contributed by atoms with Gasteiger partial charge in [0.1, 0.15) is 12.3 Å². The van der Waals surface area contributed by atoms with Gasteiger partial charge in [0.25, 0.3) is 0 Å². The molecule has 0 aliphatic heterocycles. The third-order valence-electron chi connectivity index (χ3n) is 6.37. The molecule has 1 N–H and O–H groups in total. The monoisotopic (exact) mass is 426 g/mol. The Morgan fingerprint density at radius 3 is 2.59 bits per heavy atom. The molecule has 0 saturated heterocycles. The third kappa shape index (κ3) is 4.33. The molecule has 5 nitrogen and oxygen atoms in total. The Labute approximate surface area is 189 Å². The number of nitrogens with zero attached hydrogens (tertiary/aromatic N) is 3. The fourth-order valence-electron chi connectivity index (χ4n) is 4.63. The summed E-state index contributed by atoms with van der Waals surface area (Å²) in [4.78, 5) is 4.69. The van der Waals surface area contributed by atoms with E-state index in [1.165, 1.54) is 37.8 Å². The Morgan fingerprint density at radius 1 is 1.00 bits per heavy atom. The second-order valence-electron chi connectivity index (χ2n) is 8.74. The Bertz CT molecular complexity index is 1210. The minimum absolute atomic E-state index is 0.510. The van der Waals surface area contributed by atoms with Crippen LogP contribution < -0.4 is 10.1 Å². The molecule has 2 aromatic carbocycles. The molecule has 2 heterocycles. The maximum atomic E-state index is 5.90. The fourth-order valence-corrected chi connectivity index (χ4v) is 4.63. The zero-order valence-corrected chi connectivity index (χ0v) is 18.8. The van der Waals surface area contributed by atoms with Crippen LogP contribution in [0.25, 0.3) is 22.2 Å². The van der Waals surface area contributed by atoms with Gasteiger partial charge in [-0.2, -0.15) is 5.10 Å². The van der Waals surface area contributed by atoms with Crippen LogP contribution in [0.5, 0.6) is 5.88 Å². The van der Waals surface area contributed by atoms with Gasteiger partial charge in [0.05, 0.1) is 11.2 Å². The van der Waals surface area contributed by atoms with Gasteiger partial charge < -0.3 is 10.1 Å². The van der Waals surface area contributed by atoms with Crippen LogP contribution in [0.2, 0.25) is 0 Å². The average molecular weight is 427 g/mol. The maximum Gasteiger partial charge on any atom is 0.213 e. The van der Waals surface area contributed by atoms with Gasteiger partial charge in [0.2, 0.25) is 5.88 Å². The van der Waals surface area contributed by atoms with Crippen molar-refractivity contribution in [3.8, 4) is 17.1 Å². The lowest BCUT2D eigenvalue weighted by atomic mass is 9.95. The van der Waals surface area contributed by atoms with Crippen molar-refractivity contribution in [3.63, 3.8) is 0 Å². The van der Waals surface area contributed by atoms with Crippen LogP contribution in [-0.4, -0.2) is 20.8 Å². The lowest BCUT2D eigenvalue weighted by molar-refractivity contribution is 0.293. The smallest absolute Gasteiger partial charge is 0.213 e. The summed E-state index contributed by atoms with van der Waals surface area (Å²) in [7, 11) is 2.01. The number of anilines is 1. The standard InChI is InChI=1S/C27H30N4O/c1-19-23(15-16-26(28-19)32-18-20-9-5-3-6-10-20)27-24-14-13-22(17-25(24)31(2)30-27)29-21-11-7-4-8-12-21/h3,5-6,9-10,13-17,21,29H,4,7-8,11-12,18H2,1-2H3. The Balaban J connectivity index is 1.37. The van der Waals surface area contributed by atoms with Gasteiger partial charge in [0, 0.05) is 35.8 Å². The number of aryl methyl sites for hydroxylation is 2. The highest BCUT2D eigenvalue weighted by molar-refractivity contribution is 5.95. The fraction of sp³-hybridized carbons (Fsp3) is 0.333. The highest BCUT2D eigenvalue weighted by Gasteiger charge is 2.17. The molecule has 32 heavy (non-hydrogen) atoms. The number of ether oxygens (including phenoxy) is 1. The highest BCUT2D eigenvalue weighted by Crippen LogP contribution is 2.32. The molecule has 1 fully saturated rings. The molecule has 0 amide bonds. The first-order valence-electron chi connectivity index (χ1n) is 11.6. The van der Waals surface area contributed by atoms with Gasteiger partial charge in [-0.1, -0.05) is 49.6 Å². The minimum Gasteiger partial charge on any atom is -0.473 e. The van der Waals surface area contributed by atoms with E-state index in [4.69, 9.17) is 14.8 Å². The largest absolute Gasteiger partial charge is 0.473 e. The maximum absolute atomic E-state index is 5.90. The van der Waals surface area contributed by atoms with E-state index in [9.17, 15) is 0 Å². The molecular weight excluding hydrogens is 396 g/mol. The van der Waals surface area contributed by atoms with Gasteiger partial charge in [-0.05, 0) is 49.6 Å². The van der Waals surface area contributed by atoms with Crippen molar-refractivity contribution < 1.29 is 4.74 Å². The van der Waals surface area contributed by atoms with E-state index < -0.39 is 0 Å². The number of rotatable bonds is 6. The van der Waals surface area contributed by atoms with E-state index in [2.05, 4.69) is 41.7 Å². The van der Waals surface area contributed by atoms with Crippen molar-refractivity contribution in [1.29, 1.82) is 0 Å². The second kappa shape index (κ2) is 9.03. The molecule has 4 aromatic rings. The number of nitrogens with one attached hydrogen (secondary N) is 1. The normalized spacial score (nSPS) is 14.6. The van der Waals surface area contributed by atoms with E-state index in [0.717, 1.165) is 33.4 Å². The van der Waals surface area contributed by atoms with E-state index >= 15 is 0 Å². The molecule has 0 spiro atoms. The molecule has 0 bridgehead atoms. The zero-order chi connectivity index (χ0) is 21.9. The van der Waals surface area contributed by atoms with Gasteiger partial charge in [-0.25, -0.2) is 4.98 Å². The number of pyridine rings is 1. The first kappa shape index (κ1) is 20.6. The van der Waals surface area contributed by atoms with Crippen LogP contribution in [0.1, 0.15) is 43.4 Å². The summed E-state index contributed by atoms with van der Waals surface area (Å²) < 4.78 is 7.87. The molecule has 0 unspecified atom stereocenters. The van der Waals surface area contributed by atoms with Crippen LogP contribution in [-0.2, 0) is 13.7 Å². The van der Waals surface area contributed by atoms with E-state index in [-0.39, 0.29) is 0 Å². The van der Waals surface area contributed by atoms with Crippen molar-refractivity contribution >= 4 is 16.6 Å². The first-order chi connectivity index (χ1) is 15.7. The second-order valence-corrected chi connectivity index (χ2v) is 8.74. The van der Waals surface area contributed by atoms with Gasteiger partial charge in [-0.15, -0.1) is 0 Å². The summed E-state index contributed by atoms with van der Waals surface area (Å²) >= 11 is 0. The Kier molecular flexibility index (Phi) is 5.80. The lowest BCUT2D eigenvalue weighted by Gasteiger charge is -2.23. The lowest BCUT2D eigenvalue weighted by Crippen LogP contribution is -2.22. The zero-order valence-electron chi connectivity index (χ0n) is 18.8. The molecule has 0 radical (unpaired) electrons. The van der Waals surface area contributed by atoms with Crippen LogP contribution in [0.3, 0.4) is 0 Å². The summed E-state index contributed by atoms with van der Waals surface area (Å²) in [5, 5.41) is 9.71. The minimum atomic E-state index is 0.510. The summed E-state index contributed by atoms with van der Waals surface area (Å²) in [5.74, 6) is 0.634. The molecule has 2 aromatic heterocycles. The SMILES string of the molecule is Cc1nc(OCc2ccccc2)ccc1-c1nn(C)c2cc(NC3CCCCC3)ccc12. The van der Waals surface area contributed by atoms with Crippen molar-refractivity contribution in [2.45, 2.75) is 51.7 Å². The Hall–Kier alpha value is -3.34. The van der Waals surface area contributed by atoms with Crippen molar-refractivity contribution in [1.82, 2.24) is 14.8 Å². The molecule has 1 saturated carbocycles. The van der Waals surface area contributed by atoms with Crippen LogP contribution in [0.15, 0.2) is 60.7 Å². The number of hydrogen-bond acceptors (Lipinski definition) is 4. The van der Waals surface area contributed by atoms with Crippen molar-refractivity contribution in [2.75, 3.05) is 5.32 Å². The van der Waals surface area contributed by atoms with Gasteiger partial charge >= 0.3 is 0 Å². The van der Waals surface area contributed by atoms with Crippen LogP contribution >= 0.6 is 0 Å². The molecule has 0 atom stereocenters. The molecular formula is C27H30N4O. The van der Waals surface area contributed by atoms with Gasteiger partial charge in [-0.3, -0.25) is 4.68 Å². The van der Waals surface area contributed by atoms with Crippen molar-refractivity contribution in [2.24, 2.45) is 7.05 Å². The first-order valence-corrected chi connectivity index (χ1v) is 11.6. The van der Waals surface area contributed by atoms with Crippen LogP contribution in [0, 0.1) is 6.92 Å². The van der Waals surface area contributed by atoms with E-state index in [1.807, 2.05) is 42.9 Å². The number of hydrogen-bond donors (Lipinski definition) is 1. The molecule has 5 heteroatoms. The van der Waals surface area contributed by atoms with E-state index in [1.54, 1.807) is 0 Å². The van der Waals surface area contributed by atoms with Crippen molar-refractivity contribution in [3.05, 3.63) is 71.9 Å². The van der Waals surface area contributed by atoms with Gasteiger partial charge in [0.15, 0.2) is 0 Å². The number of benzene rings is 2. The average Bonchev–Trinajstić information content (AvgIpc) is 3.15. The molecule has 1 aliphatic carbocycles. The highest BCUT2D eigenvalue weighted by atomic mass is 16.5. The summed E-state index contributed by atoms with van der Waals surface area (Å²) in [6.45, 7) is 2.53. The molecule has 5 rings (SSSR count). The Morgan fingerprint density at radius 2 is 1.81 bits per heavy atom. The molecule has 164 valence electrons. The van der Waals surface area contributed by atoms with E-state index in [0.29, 0.717) is 18.5 Å². The number of aromatic nitrogens is 3. The topological polar surface area (TPSA) is 52.0 Å².